The summed E-state index contributed by atoms with van der Waals surface area (Å²) in [5.41, 5.74) is 4.88. The van der Waals surface area contributed by atoms with Crippen LogP contribution in [0.2, 0.25) is 0 Å². The first-order valence-electron chi connectivity index (χ1n) is 7.53. The van der Waals surface area contributed by atoms with Gasteiger partial charge < -0.3 is 0 Å². The molecule has 0 aliphatic heterocycles. The van der Waals surface area contributed by atoms with Crippen molar-refractivity contribution < 1.29 is 4.79 Å². The summed E-state index contributed by atoms with van der Waals surface area (Å²) in [6.07, 6.45) is 6.62. The lowest BCUT2D eigenvalue weighted by molar-refractivity contribution is -0.104. The fourth-order valence-electron chi connectivity index (χ4n) is 2.48. The van der Waals surface area contributed by atoms with Gasteiger partial charge in [-0.15, -0.1) is 11.3 Å². The first kappa shape index (κ1) is 16.4. The number of rotatable bonds is 5. The third kappa shape index (κ3) is 3.63. The second-order valence-corrected chi connectivity index (χ2v) is 6.94. The number of carbonyl (C=O) groups is 1. The van der Waals surface area contributed by atoms with Crippen LogP contribution in [-0.2, 0) is 4.79 Å². The quantitative estimate of drug-likeness (QED) is 0.476. The van der Waals surface area contributed by atoms with Gasteiger partial charge in [0.05, 0.1) is 0 Å². The van der Waals surface area contributed by atoms with Crippen LogP contribution in [0.3, 0.4) is 0 Å². The molecule has 1 aromatic carbocycles. The first-order chi connectivity index (χ1) is 10.5. The number of benzene rings is 1. The number of hydrogen-bond donors (Lipinski definition) is 0. The molecule has 1 nitrogen and oxygen atoms in total. The fraction of sp³-hybridized carbons (Fsp3) is 0.250. The summed E-state index contributed by atoms with van der Waals surface area (Å²) < 4.78 is 0. The van der Waals surface area contributed by atoms with E-state index in [1.807, 2.05) is 23.5 Å². The molecular formula is C20H22OS. The van der Waals surface area contributed by atoms with E-state index in [9.17, 15) is 4.79 Å². The molecule has 22 heavy (non-hydrogen) atoms. The molecule has 0 unspecified atom stereocenters. The minimum absolute atomic E-state index is 0.429. The van der Waals surface area contributed by atoms with Gasteiger partial charge in [-0.2, -0.15) is 0 Å². The largest absolute Gasteiger partial charge is 0.299 e. The second-order valence-electron chi connectivity index (χ2n) is 5.86. The number of hydrogen-bond acceptors (Lipinski definition) is 2. The van der Waals surface area contributed by atoms with Crippen LogP contribution >= 0.6 is 11.3 Å². The van der Waals surface area contributed by atoms with E-state index in [1.54, 1.807) is 6.08 Å². The van der Waals surface area contributed by atoms with Gasteiger partial charge in [-0.3, -0.25) is 4.79 Å². The topological polar surface area (TPSA) is 17.1 Å². The number of aldehydes is 1. The van der Waals surface area contributed by atoms with Crippen LogP contribution in [0.25, 0.3) is 23.3 Å². The highest BCUT2D eigenvalue weighted by molar-refractivity contribution is 7.13. The number of allylic oxidation sites excluding steroid dienone is 2. The average molecular weight is 310 g/mol. The van der Waals surface area contributed by atoms with Crippen molar-refractivity contribution in [3.05, 3.63) is 57.3 Å². The summed E-state index contributed by atoms with van der Waals surface area (Å²) in [6, 6.07) is 10.4. The van der Waals surface area contributed by atoms with Crippen LogP contribution < -0.4 is 0 Å². The van der Waals surface area contributed by atoms with Gasteiger partial charge in [0.2, 0.25) is 0 Å². The van der Waals surface area contributed by atoms with Crippen molar-refractivity contribution in [2.75, 3.05) is 0 Å². The Morgan fingerprint density at radius 3 is 2.36 bits per heavy atom. The lowest BCUT2D eigenvalue weighted by atomic mass is 9.96. The summed E-state index contributed by atoms with van der Waals surface area (Å²) >= 11 is 1.82. The van der Waals surface area contributed by atoms with Crippen molar-refractivity contribution >= 4 is 29.8 Å². The van der Waals surface area contributed by atoms with Crippen LogP contribution in [0.5, 0.6) is 0 Å². The van der Waals surface area contributed by atoms with Gasteiger partial charge in [0.1, 0.15) is 6.29 Å². The maximum absolute atomic E-state index is 10.8. The fourth-order valence-corrected chi connectivity index (χ4v) is 3.85. The van der Waals surface area contributed by atoms with Gasteiger partial charge in [-0.1, -0.05) is 49.8 Å². The molecule has 2 aromatic rings. The molecule has 2 heteroatoms. The maximum atomic E-state index is 10.8. The van der Waals surface area contributed by atoms with E-state index in [2.05, 4.69) is 58.0 Å². The molecule has 0 amide bonds. The molecule has 1 heterocycles. The Morgan fingerprint density at radius 2 is 1.82 bits per heavy atom. The molecule has 0 radical (unpaired) electrons. The standard InChI is InChI=1S/C20H22OS/c1-14(2)13-18-19(16-9-6-5-7-10-16)17(11-8-12-21)20(22-18)15(3)4/h5-13,15H,1-4H3/b11-8+. The van der Waals surface area contributed by atoms with Crippen LogP contribution in [0.15, 0.2) is 42.0 Å². The maximum Gasteiger partial charge on any atom is 0.142 e. The zero-order valence-electron chi connectivity index (χ0n) is 13.6. The number of thiophene rings is 1. The molecule has 0 fully saturated rings. The van der Waals surface area contributed by atoms with Gasteiger partial charge in [0.25, 0.3) is 0 Å². The van der Waals surface area contributed by atoms with Crippen molar-refractivity contribution in [1.29, 1.82) is 0 Å². The zero-order valence-corrected chi connectivity index (χ0v) is 14.4. The Kier molecular flexibility index (Phi) is 5.51. The smallest absolute Gasteiger partial charge is 0.142 e. The molecule has 0 saturated heterocycles. The predicted octanol–water partition coefficient (Wildman–Crippen LogP) is 6.17. The summed E-state index contributed by atoms with van der Waals surface area (Å²) in [6.45, 7) is 8.63. The molecule has 0 aliphatic rings. The molecular weight excluding hydrogens is 288 g/mol. The molecule has 2 rings (SSSR count). The van der Waals surface area contributed by atoms with Gasteiger partial charge in [-0.25, -0.2) is 0 Å². The Hall–Kier alpha value is -1.93. The molecule has 114 valence electrons. The molecule has 0 N–H and O–H groups in total. The molecule has 0 bridgehead atoms. The molecule has 0 aliphatic carbocycles. The van der Waals surface area contributed by atoms with E-state index < -0.39 is 0 Å². The van der Waals surface area contributed by atoms with Gasteiger partial charge in [0, 0.05) is 15.3 Å². The van der Waals surface area contributed by atoms with E-state index in [-0.39, 0.29) is 0 Å². The Bertz CT molecular complexity index is 699. The van der Waals surface area contributed by atoms with Crippen LogP contribution in [0.4, 0.5) is 0 Å². The average Bonchev–Trinajstić information content (AvgIpc) is 2.83. The Balaban J connectivity index is 2.77. The zero-order chi connectivity index (χ0) is 16.1. The second kappa shape index (κ2) is 7.37. The van der Waals surface area contributed by atoms with E-state index in [0.717, 1.165) is 6.29 Å². The minimum Gasteiger partial charge on any atom is -0.299 e. The number of carbonyl (C=O) groups excluding carboxylic acids is 1. The van der Waals surface area contributed by atoms with Crippen LogP contribution in [-0.4, -0.2) is 6.29 Å². The van der Waals surface area contributed by atoms with Crippen molar-refractivity contribution in [2.24, 2.45) is 0 Å². The Morgan fingerprint density at radius 1 is 1.14 bits per heavy atom. The summed E-state index contributed by atoms with van der Waals surface area (Å²) in [5, 5.41) is 0. The van der Waals surface area contributed by atoms with E-state index in [4.69, 9.17) is 0 Å². The normalized spacial score (nSPS) is 11.1. The lowest BCUT2D eigenvalue weighted by Gasteiger charge is -2.07. The van der Waals surface area contributed by atoms with Gasteiger partial charge in [-0.05, 0) is 49.1 Å². The monoisotopic (exact) mass is 310 g/mol. The molecule has 0 spiro atoms. The lowest BCUT2D eigenvalue weighted by Crippen LogP contribution is -1.88. The van der Waals surface area contributed by atoms with E-state index >= 15 is 0 Å². The van der Waals surface area contributed by atoms with Crippen molar-refractivity contribution in [3.8, 4) is 11.1 Å². The highest BCUT2D eigenvalue weighted by Crippen LogP contribution is 2.42. The van der Waals surface area contributed by atoms with Crippen molar-refractivity contribution in [1.82, 2.24) is 0 Å². The van der Waals surface area contributed by atoms with E-state index in [1.165, 1.54) is 32.0 Å². The minimum atomic E-state index is 0.429. The Labute approximate surface area is 137 Å². The molecule has 1 aromatic heterocycles. The first-order valence-corrected chi connectivity index (χ1v) is 8.35. The highest BCUT2D eigenvalue weighted by atomic mass is 32.1. The third-order valence-electron chi connectivity index (χ3n) is 3.35. The molecule has 0 atom stereocenters. The van der Waals surface area contributed by atoms with Crippen molar-refractivity contribution in [3.63, 3.8) is 0 Å². The summed E-state index contributed by atoms with van der Waals surface area (Å²) in [4.78, 5) is 13.4. The van der Waals surface area contributed by atoms with Crippen molar-refractivity contribution in [2.45, 2.75) is 33.6 Å². The third-order valence-corrected chi connectivity index (χ3v) is 4.80. The predicted molar refractivity (Wildman–Crippen MR) is 98.3 cm³/mol. The molecule has 0 saturated carbocycles. The van der Waals surface area contributed by atoms with Crippen LogP contribution in [0.1, 0.15) is 48.9 Å². The van der Waals surface area contributed by atoms with Gasteiger partial charge >= 0.3 is 0 Å². The van der Waals surface area contributed by atoms with E-state index in [0.29, 0.717) is 5.92 Å². The highest BCUT2D eigenvalue weighted by Gasteiger charge is 2.18. The SMILES string of the molecule is CC(C)=Cc1sc(C(C)C)c(/C=C/C=O)c1-c1ccccc1. The van der Waals surface area contributed by atoms with Gasteiger partial charge in [0.15, 0.2) is 0 Å². The summed E-state index contributed by atoms with van der Waals surface area (Å²) in [7, 11) is 0. The van der Waals surface area contributed by atoms with Crippen LogP contribution in [0, 0.1) is 0 Å². The summed E-state index contributed by atoms with van der Waals surface area (Å²) in [5.74, 6) is 0.429.